The van der Waals surface area contributed by atoms with Crippen molar-refractivity contribution in [3.8, 4) is 0 Å². The van der Waals surface area contributed by atoms with Crippen LogP contribution < -0.4 is 5.32 Å². The number of ether oxygens (including phenoxy) is 7. The molecule has 0 aliphatic carbocycles. The molecular weight excluding hydrogens is 538 g/mol. The molecule has 1 aromatic carbocycles. The van der Waals surface area contributed by atoms with Gasteiger partial charge in [-0.25, -0.2) is 9.59 Å². The van der Waals surface area contributed by atoms with E-state index in [1.54, 1.807) is 18.7 Å². The van der Waals surface area contributed by atoms with E-state index < -0.39 is 18.2 Å². The zero-order chi connectivity index (χ0) is 29.9. The molecule has 1 amide bonds. The second-order valence-electron chi connectivity index (χ2n) is 9.63. The van der Waals surface area contributed by atoms with Crippen molar-refractivity contribution >= 4 is 29.5 Å². The van der Waals surface area contributed by atoms with Gasteiger partial charge in [-0.05, 0) is 66.0 Å². The van der Waals surface area contributed by atoms with Crippen molar-refractivity contribution in [2.75, 3.05) is 51.2 Å². The van der Waals surface area contributed by atoms with E-state index in [0.717, 1.165) is 11.0 Å². The number of rotatable bonds is 21. The normalized spacial score (nSPS) is 15.8. The second kappa shape index (κ2) is 20.7. The van der Waals surface area contributed by atoms with Gasteiger partial charge in [0.25, 0.3) is 0 Å². The van der Waals surface area contributed by atoms with Crippen LogP contribution in [0.1, 0.15) is 41.5 Å². The average molecular weight is 586 g/mol. The maximum absolute atomic E-state index is 12.1. The molecule has 0 aliphatic heterocycles. The van der Waals surface area contributed by atoms with Crippen LogP contribution >= 0.6 is 11.8 Å². The molecular formula is C29H47NO9S. The van der Waals surface area contributed by atoms with Crippen LogP contribution in [0.2, 0.25) is 0 Å². The first-order valence-corrected chi connectivity index (χ1v) is 14.7. The number of hydrogen-bond acceptors (Lipinski definition) is 10. The van der Waals surface area contributed by atoms with Gasteiger partial charge in [0, 0.05) is 16.7 Å². The lowest BCUT2D eigenvalue weighted by Gasteiger charge is -2.22. The van der Waals surface area contributed by atoms with Crippen LogP contribution in [-0.2, 0) is 38.0 Å². The summed E-state index contributed by atoms with van der Waals surface area (Å²) in [5.41, 5.74) is 0.683. The fourth-order valence-corrected chi connectivity index (χ4v) is 3.52. The van der Waals surface area contributed by atoms with E-state index in [1.807, 2.05) is 65.1 Å². The summed E-state index contributed by atoms with van der Waals surface area (Å²) < 4.78 is 39.2. The van der Waals surface area contributed by atoms with Gasteiger partial charge in [0.2, 0.25) is 0 Å². The summed E-state index contributed by atoms with van der Waals surface area (Å²) >= 11 is 1.60. The zero-order valence-electron chi connectivity index (χ0n) is 24.9. The van der Waals surface area contributed by atoms with Crippen molar-refractivity contribution in [1.82, 2.24) is 0 Å². The van der Waals surface area contributed by atoms with Crippen molar-refractivity contribution in [2.24, 2.45) is 0 Å². The maximum atomic E-state index is 12.1. The molecule has 0 spiro atoms. The highest BCUT2D eigenvalue weighted by Gasteiger charge is 2.15. The predicted molar refractivity (Wildman–Crippen MR) is 156 cm³/mol. The first kappa shape index (κ1) is 35.9. The summed E-state index contributed by atoms with van der Waals surface area (Å²) in [7, 11) is 0. The number of amides is 1. The molecule has 11 heteroatoms. The molecule has 0 saturated heterocycles. The highest BCUT2D eigenvalue weighted by molar-refractivity contribution is 7.98. The number of nitrogens with one attached hydrogen (secondary N) is 1. The van der Waals surface area contributed by atoms with Crippen molar-refractivity contribution < 1.29 is 42.7 Å². The number of thioether (sulfide) groups is 1. The van der Waals surface area contributed by atoms with E-state index in [0.29, 0.717) is 32.1 Å². The van der Waals surface area contributed by atoms with Crippen LogP contribution in [0.5, 0.6) is 0 Å². The third-order valence-electron chi connectivity index (χ3n) is 5.33. The highest BCUT2D eigenvalue weighted by Crippen LogP contribution is 2.19. The van der Waals surface area contributed by atoms with E-state index in [-0.39, 0.29) is 43.7 Å². The first-order chi connectivity index (χ1) is 19.0. The topological polar surface area (TPSA) is 111 Å². The van der Waals surface area contributed by atoms with Gasteiger partial charge in [-0.15, -0.1) is 11.8 Å². The number of esters is 1. The molecule has 1 aromatic rings. The second-order valence-corrected chi connectivity index (χ2v) is 10.5. The molecule has 40 heavy (non-hydrogen) atoms. The van der Waals surface area contributed by atoms with E-state index in [1.165, 1.54) is 0 Å². The van der Waals surface area contributed by atoms with Gasteiger partial charge >= 0.3 is 12.1 Å². The lowest BCUT2D eigenvalue weighted by Crippen LogP contribution is -2.30. The Morgan fingerprint density at radius 2 is 1.23 bits per heavy atom. The molecule has 1 rings (SSSR count). The predicted octanol–water partition coefficient (Wildman–Crippen LogP) is 5.10. The molecule has 0 aliphatic rings. The smallest absolute Gasteiger partial charge is 0.411 e. The van der Waals surface area contributed by atoms with Gasteiger partial charge in [-0.3, -0.25) is 5.32 Å². The number of benzene rings is 1. The Morgan fingerprint density at radius 3 is 1.68 bits per heavy atom. The Kier molecular flexibility index (Phi) is 18.6. The monoisotopic (exact) mass is 585 g/mol. The Morgan fingerprint density at radius 1 is 0.775 bits per heavy atom. The van der Waals surface area contributed by atoms with E-state index in [9.17, 15) is 9.59 Å². The summed E-state index contributed by atoms with van der Waals surface area (Å²) in [6.07, 6.45) is 1.34. The van der Waals surface area contributed by atoms with E-state index >= 15 is 0 Å². The van der Waals surface area contributed by atoms with Crippen LogP contribution in [0.3, 0.4) is 0 Å². The van der Waals surface area contributed by atoms with Crippen molar-refractivity contribution in [3.63, 3.8) is 0 Å². The summed E-state index contributed by atoms with van der Waals surface area (Å²) in [4.78, 5) is 24.3. The Labute approximate surface area is 243 Å². The molecule has 10 nitrogen and oxygen atoms in total. The van der Waals surface area contributed by atoms with Crippen molar-refractivity contribution in [3.05, 3.63) is 36.9 Å². The largest absolute Gasteiger partial charge is 0.460 e. The lowest BCUT2D eigenvalue weighted by molar-refractivity contribution is -0.143. The van der Waals surface area contributed by atoms with Gasteiger partial charge in [0.05, 0.1) is 63.6 Å². The average Bonchev–Trinajstić information content (AvgIpc) is 2.94. The number of hydrogen-bond donors (Lipinski definition) is 1. The SMILES string of the molecule is C=CC(=O)OCC(C)OCC(C)OCC(C)OCC(C)OCC(C)OCC(C)OC(=O)Nc1cccc(SC)c1. The van der Waals surface area contributed by atoms with E-state index in [4.69, 9.17) is 33.2 Å². The third kappa shape index (κ3) is 17.5. The van der Waals surface area contributed by atoms with Gasteiger partial charge in [-0.2, -0.15) is 0 Å². The Balaban J connectivity index is 2.14. The molecule has 0 aromatic heterocycles. The Hall–Kier alpha value is -2.15. The number of carbonyl (C=O) groups is 2. The maximum Gasteiger partial charge on any atom is 0.411 e. The van der Waals surface area contributed by atoms with E-state index in [2.05, 4.69) is 11.9 Å². The zero-order valence-corrected chi connectivity index (χ0v) is 25.7. The summed E-state index contributed by atoms with van der Waals surface area (Å²) in [5.74, 6) is -0.472. The fourth-order valence-electron chi connectivity index (χ4n) is 3.06. The molecule has 1 N–H and O–H groups in total. The van der Waals surface area contributed by atoms with Gasteiger partial charge < -0.3 is 33.2 Å². The van der Waals surface area contributed by atoms with Crippen molar-refractivity contribution in [1.29, 1.82) is 0 Å². The minimum absolute atomic E-state index is 0.125. The van der Waals surface area contributed by atoms with Crippen LogP contribution in [0.15, 0.2) is 41.8 Å². The van der Waals surface area contributed by atoms with Gasteiger partial charge in [-0.1, -0.05) is 12.6 Å². The lowest BCUT2D eigenvalue weighted by atomic mass is 10.3. The molecule has 0 saturated carbocycles. The van der Waals surface area contributed by atoms with Gasteiger partial charge in [0.15, 0.2) is 0 Å². The molecule has 6 unspecified atom stereocenters. The van der Waals surface area contributed by atoms with Crippen molar-refractivity contribution in [2.45, 2.75) is 83.1 Å². The molecule has 0 heterocycles. The molecule has 6 atom stereocenters. The minimum Gasteiger partial charge on any atom is -0.460 e. The standard InChI is InChI=1S/C29H47NO9S/c1-9-28(31)38-18-24(6)36-16-22(4)34-14-20(2)33-15-21(3)35-17-23(5)37-19-25(7)39-29(32)30-26-11-10-12-27(13-26)40-8/h9-13,20-25H,1,14-19H2,2-8H3,(H,30,32). The first-order valence-electron chi connectivity index (χ1n) is 13.5. The van der Waals surface area contributed by atoms with Crippen LogP contribution in [0, 0.1) is 0 Å². The van der Waals surface area contributed by atoms with Crippen LogP contribution in [0.4, 0.5) is 10.5 Å². The quantitative estimate of drug-likeness (QED) is 0.119. The fraction of sp³-hybridized carbons (Fsp3) is 0.655. The molecule has 0 radical (unpaired) electrons. The summed E-state index contributed by atoms with van der Waals surface area (Å²) in [5, 5.41) is 2.73. The minimum atomic E-state index is -0.523. The molecule has 0 fully saturated rings. The highest BCUT2D eigenvalue weighted by atomic mass is 32.2. The Bertz CT molecular complexity index is 872. The number of carbonyl (C=O) groups excluding carboxylic acids is 2. The van der Waals surface area contributed by atoms with Crippen LogP contribution in [-0.4, -0.2) is 94.6 Å². The molecule has 0 bridgehead atoms. The summed E-state index contributed by atoms with van der Waals surface area (Å²) in [6, 6.07) is 7.55. The molecule has 228 valence electrons. The van der Waals surface area contributed by atoms with Gasteiger partial charge in [0.1, 0.15) is 12.7 Å². The van der Waals surface area contributed by atoms with Crippen LogP contribution in [0.25, 0.3) is 0 Å². The third-order valence-corrected chi connectivity index (χ3v) is 6.05. The number of anilines is 1. The summed E-state index contributed by atoms with van der Waals surface area (Å²) in [6.45, 7) is 16.6.